The van der Waals surface area contributed by atoms with Crippen LogP contribution in [-0.4, -0.2) is 16.7 Å². The summed E-state index contributed by atoms with van der Waals surface area (Å²) >= 11 is 0. The van der Waals surface area contributed by atoms with E-state index in [-0.39, 0.29) is 6.04 Å². The number of furan rings is 1. The molecule has 2 aromatic heterocycles. The van der Waals surface area contributed by atoms with E-state index in [4.69, 9.17) is 4.42 Å². The Morgan fingerprint density at radius 1 is 1.32 bits per heavy atom. The van der Waals surface area contributed by atoms with Gasteiger partial charge in [0.1, 0.15) is 0 Å². The van der Waals surface area contributed by atoms with Crippen LogP contribution in [0.2, 0.25) is 0 Å². The van der Waals surface area contributed by atoms with Gasteiger partial charge >= 0.3 is 0 Å². The Bertz CT molecular complexity index is 508. The molecule has 2 heterocycles. The summed E-state index contributed by atoms with van der Waals surface area (Å²) in [7, 11) is 0. The van der Waals surface area contributed by atoms with Gasteiger partial charge in [0.05, 0.1) is 23.9 Å². The van der Waals surface area contributed by atoms with Crippen LogP contribution in [0.4, 0.5) is 0 Å². The van der Waals surface area contributed by atoms with Gasteiger partial charge in [-0.2, -0.15) is 10.2 Å². The topological polar surface area (TPSA) is 51.0 Å². The molecule has 2 rings (SSSR count). The fourth-order valence-electron chi connectivity index (χ4n) is 2.18. The van der Waals surface area contributed by atoms with E-state index < -0.39 is 0 Å². The summed E-state index contributed by atoms with van der Waals surface area (Å²) in [5.74, 6) is 0. The van der Waals surface area contributed by atoms with Gasteiger partial charge in [-0.25, -0.2) is 0 Å². The Morgan fingerprint density at radius 2 is 2.16 bits per heavy atom. The van der Waals surface area contributed by atoms with Crippen molar-refractivity contribution in [1.29, 1.82) is 0 Å². The van der Waals surface area contributed by atoms with E-state index in [1.165, 1.54) is 11.1 Å². The lowest BCUT2D eigenvalue weighted by Crippen LogP contribution is -2.25. The van der Waals surface area contributed by atoms with Crippen molar-refractivity contribution in [2.45, 2.75) is 39.7 Å². The molecule has 0 saturated heterocycles. The predicted molar refractivity (Wildman–Crippen MR) is 75.0 cm³/mol. The van der Waals surface area contributed by atoms with E-state index in [9.17, 15) is 0 Å². The van der Waals surface area contributed by atoms with Crippen molar-refractivity contribution in [3.8, 4) is 0 Å². The molecule has 19 heavy (non-hydrogen) atoms. The van der Waals surface area contributed by atoms with Gasteiger partial charge in [-0.3, -0.25) is 0 Å². The Labute approximate surface area is 114 Å². The van der Waals surface area contributed by atoms with E-state index in [1.54, 1.807) is 12.5 Å². The molecule has 0 radical (unpaired) electrons. The van der Waals surface area contributed by atoms with Gasteiger partial charge in [0.25, 0.3) is 0 Å². The predicted octanol–water partition coefficient (Wildman–Crippen LogP) is 2.97. The second kappa shape index (κ2) is 6.48. The molecule has 4 nitrogen and oxygen atoms in total. The number of aryl methyl sites for hydroxylation is 2. The van der Waals surface area contributed by atoms with Gasteiger partial charge in [0, 0.05) is 6.04 Å². The van der Waals surface area contributed by atoms with Crippen molar-refractivity contribution in [2.24, 2.45) is 0 Å². The molecule has 4 heteroatoms. The van der Waals surface area contributed by atoms with Crippen molar-refractivity contribution in [1.82, 2.24) is 15.5 Å². The van der Waals surface area contributed by atoms with Crippen LogP contribution in [0.5, 0.6) is 0 Å². The van der Waals surface area contributed by atoms with E-state index >= 15 is 0 Å². The summed E-state index contributed by atoms with van der Waals surface area (Å²) in [6, 6.07) is 4.39. The second-order valence-corrected chi connectivity index (χ2v) is 4.87. The SMILES string of the molecule is CCCNC(Cc1ccoc1)c1cc(C)nnc1C. The lowest BCUT2D eigenvalue weighted by molar-refractivity contribution is 0.515. The third-order valence-corrected chi connectivity index (χ3v) is 3.18. The average molecular weight is 259 g/mol. The molecular formula is C15H21N3O. The molecule has 0 aliphatic carbocycles. The minimum absolute atomic E-state index is 0.256. The van der Waals surface area contributed by atoms with Crippen LogP contribution in [0, 0.1) is 13.8 Å². The normalized spacial score (nSPS) is 12.6. The molecule has 0 spiro atoms. The van der Waals surface area contributed by atoms with Crippen LogP contribution in [0.1, 0.15) is 41.9 Å². The zero-order valence-corrected chi connectivity index (χ0v) is 11.8. The molecule has 1 N–H and O–H groups in total. The number of hydrogen-bond acceptors (Lipinski definition) is 4. The third kappa shape index (κ3) is 3.64. The molecule has 0 amide bonds. The van der Waals surface area contributed by atoms with E-state index in [0.29, 0.717) is 0 Å². The quantitative estimate of drug-likeness (QED) is 0.866. The number of nitrogens with zero attached hydrogens (tertiary/aromatic N) is 2. The Morgan fingerprint density at radius 3 is 2.84 bits per heavy atom. The highest BCUT2D eigenvalue weighted by Crippen LogP contribution is 2.21. The van der Waals surface area contributed by atoms with E-state index in [1.807, 2.05) is 19.9 Å². The number of rotatable bonds is 6. The molecule has 0 fully saturated rings. The summed E-state index contributed by atoms with van der Waals surface area (Å²) in [6.07, 6.45) is 5.54. The zero-order chi connectivity index (χ0) is 13.7. The van der Waals surface area contributed by atoms with Crippen molar-refractivity contribution in [3.05, 3.63) is 47.2 Å². The monoisotopic (exact) mass is 259 g/mol. The summed E-state index contributed by atoms with van der Waals surface area (Å²) in [5, 5.41) is 11.9. The first-order valence-corrected chi connectivity index (χ1v) is 6.76. The molecular weight excluding hydrogens is 238 g/mol. The zero-order valence-electron chi connectivity index (χ0n) is 11.8. The van der Waals surface area contributed by atoms with Gasteiger partial charge in [-0.15, -0.1) is 0 Å². The van der Waals surface area contributed by atoms with Crippen LogP contribution < -0.4 is 5.32 Å². The molecule has 0 bridgehead atoms. The number of nitrogens with one attached hydrogen (secondary N) is 1. The molecule has 2 aromatic rings. The summed E-state index contributed by atoms with van der Waals surface area (Å²) in [4.78, 5) is 0. The first kappa shape index (κ1) is 13.7. The molecule has 0 aromatic carbocycles. The molecule has 0 aliphatic heterocycles. The second-order valence-electron chi connectivity index (χ2n) is 4.87. The lowest BCUT2D eigenvalue weighted by atomic mass is 9.99. The number of aromatic nitrogens is 2. The maximum absolute atomic E-state index is 5.15. The van der Waals surface area contributed by atoms with E-state index in [2.05, 4.69) is 28.5 Å². The fourth-order valence-corrected chi connectivity index (χ4v) is 2.18. The lowest BCUT2D eigenvalue weighted by Gasteiger charge is -2.20. The minimum atomic E-state index is 0.256. The van der Waals surface area contributed by atoms with Gasteiger partial charge < -0.3 is 9.73 Å². The molecule has 102 valence electrons. The van der Waals surface area contributed by atoms with Gasteiger partial charge in [0.15, 0.2) is 0 Å². The molecule has 0 saturated carbocycles. The van der Waals surface area contributed by atoms with Crippen molar-refractivity contribution in [3.63, 3.8) is 0 Å². The van der Waals surface area contributed by atoms with E-state index in [0.717, 1.165) is 30.8 Å². The van der Waals surface area contributed by atoms with Crippen LogP contribution in [0.15, 0.2) is 29.1 Å². The highest BCUT2D eigenvalue weighted by Gasteiger charge is 2.16. The standard InChI is InChI=1S/C15H21N3O/c1-4-6-16-15(9-13-5-7-19-10-13)14-8-11(2)17-18-12(14)3/h5,7-8,10,15-16H,4,6,9H2,1-3H3. The smallest absolute Gasteiger partial charge is 0.0935 e. The third-order valence-electron chi connectivity index (χ3n) is 3.18. The maximum Gasteiger partial charge on any atom is 0.0935 e. The highest BCUT2D eigenvalue weighted by atomic mass is 16.3. The Hall–Kier alpha value is -1.68. The molecule has 1 unspecified atom stereocenters. The first-order chi connectivity index (χ1) is 9.20. The molecule has 1 atom stereocenters. The highest BCUT2D eigenvalue weighted by molar-refractivity contribution is 5.26. The fraction of sp³-hybridized carbons (Fsp3) is 0.467. The van der Waals surface area contributed by atoms with Crippen LogP contribution in [0.3, 0.4) is 0 Å². The maximum atomic E-state index is 5.15. The van der Waals surface area contributed by atoms with Crippen LogP contribution in [-0.2, 0) is 6.42 Å². The van der Waals surface area contributed by atoms with Crippen LogP contribution >= 0.6 is 0 Å². The van der Waals surface area contributed by atoms with Gasteiger partial charge in [-0.05, 0) is 56.5 Å². The number of hydrogen-bond donors (Lipinski definition) is 1. The Kier molecular flexibility index (Phi) is 4.68. The van der Waals surface area contributed by atoms with Crippen LogP contribution in [0.25, 0.3) is 0 Å². The van der Waals surface area contributed by atoms with Crippen molar-refractivity contribution < 1.29 is 4.42 Å². The molecule has 0 aliphatic rings. The summed E-state index contributed by atoms with van der Waals surface area (Å²) in [5.41, 5.74) is 4.36. The minimum Gasteiger partial charge on any atom is -0.472 e. The summed E-state index contributed by atoms with van der Waals surface area (Å²) in [6.45, 7) is 7.15. The largest absolute Gasteiger partial charge is 0.472 e. The average Bonchev–Trinajstić information content (AvgIpc) is 2.90. The van der Waals surface area contributed by atoms with Gasteiger partial charge in [0.2, 0.25) is 0 Å². The Balaban J connectivity index is 2.23. The van der Waals surface area contributed by atoms with Gasteiger partial charge in [-0.1, -0.05) is 6.92 Å². The van der Waals surface area contributed by atoms with Crippen molar-refractivity contribution >= 4 is 0 Å². The first-order valence-electron chi connectivity index (χ1n) is 6.76. The summed E-state index contributed by atoms with van der Waals surface area (Å²) < 4.78 is 5.15. The van der Waals surface area contributed by atoms with Crippen molar-refractivity contribution in [2.75, 3.05) is 6.54 Å².